The fourth-order valence-corrected chi connectivity index (χ4v) is 11.0. The fraction of sp³-hybridized carbons (Fsp3) is 0.0196. The monoisotopic (exact) mass is 708 g/mol. The van der Waals surface area contributed by atoms with Gasteiger partial charge in [0, 0.05) is 41.1 Å². The van der Waals surface area contributed by atoms with Gasteiger partial charge in [-0.05, 0) is 96.0 Å². The Labute approximate surface area is 315 Å². The van der Waals surface area contributed by atoms with Crippen LogP contribution < -0.4 is 0 Å². The number of benzene rings is 9. The highest BCUT2D eigenvalue weighted by atomic mass is 32.1. The Balaban J connectivity index is 1.24. The lowest BCUT2D eigenvalue weighted by molar-refractivity contribution is 1.64. The molecule has 0 aliphatic carbocycles. The predicted molar refractivity (Wildman–Crippen MR) is 234 cm³/mol. The van der Waals surface area contributed by atoms with Crippen molar-refractivity contribution in [3.63, 3.8) is 0 Å². The molecule has 0 spiro atoms. The number of aryl methyl sites for hydroxylation is 1. The van der Waals surface area contributed by atoms with Crippen LogP contribution in [0.5, 0.6) is 0 Å². The Morgan fingerprint density at radius 3 is 1.32 bits per heavy atom. The molecule has 2 aromatic heterocycles. The summed E-state index contributed by atoms with van der Waals surface area (Å²) >= 11 is 3.80. The predicted octanol–water partition coefficient (Wildman–Crippen LogP) is 15.7. The molecule has 11 aromatic rings. The average Bonchev–Trinajstić information content (AvgIpc) is 3.82. The number of rotatable bonds is 4. The van der Waals surface area contributed by atoms with Crippen molar-refractivity contribution in [1.82, 2.24) is 0 Å². The molecule has 0 amide bonds. The van der Waals surface area contributed by atoms with Crippen LogP contribution in [0.2, 0.25) is 0 Å². The molecule has 0 aliphatic rings. The molecule has 11 rings (SSSR count). The third-order valence-electron chi connectivity index (χ3n) is 11.0. The van der Waals surface area contributed by atoms with Gasteiger partial charge in [-0.25, -0.2) is 0 Å². The molecule has 248 valence electrons. The lowest BCUT2D eigenvalue weighted by atomic mass is 9.85. The Morgan fingerprint density at radius 1 is 0.321 bits per heavy atom. The summed E-state index contributed by atoms with van der Waals surface area (Å²) in [6.07, 6.45) is 0. The summed E-state index contributed by atoms with van der Waals surface area (Å²) in [5.74, 6) is 0. The van der Waals surface area contributed by atoms with Gasteiger partial charge in [0.15, 0.2) is 0 Å². The van der Waals surface area contributed by atoms with E-state index < -0.39 is 0 Å². The van der Waals surface area contributed by atoms with E-state index in [0.29, 0.717) is 0 Å². The van der Waals surface area contributed by atoms with Gasteiger partial charge >= 0.3 is 0 Å². The quantitative estimate of drug-likeness (QED) is 0.160. The highest BCUT2D eigenvalue weighted by molar-refractivity contribution is 7.26. The van der Waals surface area contributed by atoms with Gasteiger partial charge in [-0.2, -0.15) is 0 Å². The van der Waals surface area contributed by atoms with Crippen molar-refractivity contribution < 1.29 is 0 Å². The zero-order valence-corrected chi connectivity index (χ0v) is 30.7. The molecule has 9 aromatic carbocycles. The molecular formula is C51H32S2. The summed E-state index contributed by atoms with van der Waals surface area (Å²) < 4.78 is 2.64. The first kappa shape index (κ1) is 30.6. The summed E-state index contributed by atoms with van der Waals surface area (Å²) in [6, 6.07) is 65.3. The van der Waals surface area contributed by atoms with Crippen LogP contribution in [0.1, 0.15) is 4.88 Å². The van der Waals surface area contributed by atoms with Crippen LogP contribution in [0.15, 0.2) is 176 Å². The van der Waals surface area contributed by atoms with Crippen molar-refractivity contribution in [2.24, 2.45) is 0 Å². The highest BCUT2D eigenvalue weighted by Crippen LogP contribution is 2.51. The third kappa shape index (κ3) is 4.59. The van der Waals surface area contributed by atoms with Gasteiger partial charge in [-0.1, -0.05) is 158 Å². The van der Waals surface area contributed by atoms with E-state index in [0.717, 1.165) is 0 Å². The molecule has 2 heteroatoms. The number of hydrogen-bond donors (Lipinski definition) is 0. The van der Waals surface area contributed by atoms with E-state index in [-0.39, 0.29) is 0 Å². The van der Waals surface area contributed by atoms with E-state index in [1.807, 2.05) is 22.7 Å². The molecule has 0 unspecified atom stereocenters. The molecule has 0 saturated carbocycles. The topological polar surface area (TPSA) is 0 Å². The number of thiophene rings is 2. The Hall–Kier alpha value is -6.06. The van der Waals surface area contributed by atoms with Crippen LogP contribution in [0, 0.1) is 6.92 Å². The molecule has 0 nitrogen and oxygen atoms in total. The molecule has 2 heterocycles. The van der Waals surface area contributed by atoms with Gasteiger partial charge in [0.05, 0.1) is 0 Å². The van der Waals surface area contributed by atoms with Crippen LogP contribution in [-0.4, -0.2) is 0 Å². The number of hydrogen-bond acceptors (Lipinski definition) is 2. The molecule has 0 aliphatic heterocycles. The lowest BCUT2D eigenvalue weighted by Gasteiger charge is -2.18. The Morgan fingerprint density at radius 2 is 0.774 bits per heavy atom. The summed E-state index contributed by atoms with van der Waals surface area (Å²) in [7, 11) is 0. The van der Waals surface area contributed by atoms with Crippen molar-refractivity contribution in [1.29, 1.82) is 0 Å². The zero-order valence-electron chi connectivity index (χ0n) is 29.1. The standard InChI is InChI=1S/C51H32S2/c1-31-29-30-45(52-31)49-39-23-11-9-21-37(39)47(38-22-10-12-24-40(38)49)41-25-14-28-44-50(41)43-27-13-26-42(51(43)53-44)48-35-19-7-5-17-33(35)46(32-15-3-2-4-16-32)34-18-6-8-20-36(34)48/h2-30H,1H3. The summed E-state index contributed by atoms with van der Waals surface area (Å²) in [5.41, 5.74) is 9.08. The zero-order chi connectivity index (χ0) is 35.0. The molecular weight excluding hydrogens is 677 g/mol. The molecule has 0 atom stereocenters. The Bertz CT molecular complexity index is 3120. The van der Waals surface area contributed by atoms with Crippen molar-refractivity contribution in [3.05, 3.63) is 181 Å². The molecule has 0 radical (unpaired) electrons. The molecule has 0 fully saturated rings. The van der Waals surface area contributed by atoms with E-state index in [1.165, 1.54) is 112 Å². The van der Waals surface area contributed by atoms with Gasteiger partial charge in [-0.15, -0.1) is 22.7 Å². The smallest absolute Gasteiger partial charge is 0.0434 e. The van der Waals surface area contributed by atoms with Crippen LogP contribution >= 0.6 is 22.7 Å². The van der Waals surface area contributed by atoms with Crippen molar-refractivity contribution in [2.45, 2.75) is 6.92 Å². The van der Waals surface area contributed by atoms with Gasteiger partial charge < -0.3 is 0 Å². The van der Waals surface area contributed by atoms with Crippen LogP contribution in [-0.2, 0) is 0 Å². The van der Waals surface area contributed by atoms with E-state index in [1.54, 1.807) is 0 Å². The largest absolute Gasteiger partial charge is 0.141 e. The molecule has 0 bridgehead atoms. The van der Waals surface area contributed by atoms with Gasteiger partial charge in [-0.3, -0.25) is 0 Å². The van der Waals surface area contributed by atoms with E-state index in [9.17, 15) is 0 Å². The van der Waals surface area contributed by atoms with Crippen molar-refractivity contribution in [2.75, 3.05) is 0 Å². The first-order chi connectivity index (χ1) is 26.2. The van der Waals surface area contributed by atoms with E-state index in [4.69, 9.17) is 0 Å². The van der Waals surface area contributed by atoms with Crippen molar-refractivity contribution >= 4 is 85.9 Å². The first-order valence-electron chi connectivity index (χ1n) is 18.2. The summed E-state index contributed by atoms with van der Waals surface area (Å²) in [4.78, 5) is 2.65. The van der Waals surface area contributed by atoms with Crippen LogP contribution in [0.4, 0.5) is 0 Å². The minimum Gasteiger partial charge on any atom is -0.141 e. The van der Waals surface area contributed by atoms with Gasteiger partial charge in [0.1, 0.15) is 0 Å². The number of fused-ring (bicyclic) bond motifs is 7. The molecule has 0 saturated heterocycles. The summed E-state index contributed by atoms with van der Waals surface area (Å²) in [6.45, 7) is 2.20. The minimum atomic E-state index is 1.25. The average molecular weight is 709 g/mol. The SMILES string of the molecule is Cc1ccc(-c2c3ccccc3c(-c3cccc4sc5c(-c6c7ccccc7c(-c7ccccc7)c7ccccc67)cccc5c34)c3ccccc23)s1. The van der Waals surface area contributed by atoms with E-state index in [2.05, 4.69) is 183 Å². The third-order valence-corrected chi connectivity index (χ3v) is 13.2. The van der Waals surface area contributed by atoms with Gasteiger partial charge in [0.25, 0.3) is 0 Å². The maximum absolute atomic E-state index is 2.35. The summed E-state index contributed by atoms with van der Waals surface area (Å²) in [5, 5.41) is 13.0. The second-order valence-electron chi connectivity index (χ2n) is 13.9. The fourth-order valence-electron chi connectivity index (χ4n) is 8.84. The van der Waals surface area contributed by atoms with Crippen LogP contribution in [0.25, 0.3) is 107 Å². The first-order valence-corrected chi connectivity index (χ1v) is 19.8. The normalized spacial score (nSPS) is 11.9. The second kappa shape index (κ2) is 12.0. The highest BCUT2D eigenvalue weighted by Gasteiger charge is 2.23. The minimum absolute atomic E-state index is 1.25. The van der Waals surface area contributed by atoms with Crippen molar-refractivity contribution in [3.8, 4) is 43.8 Å². The lowest BCUT2D eigenvalue weighted by Crippen LogP contribution is -1.91. The molecule has 53 heavy (non-hydrogen) atoms. The second-order valence-corrected chi connectivity index (χ2v) is 16.3. The van der Waals surface area contributed by atoms with E-state index >= 15 is 0 Å². The molecule has 0 N–H and O–H groups in total. The van der Waals surface area contributed by atoms with Gasteiger partial charge in [0.2, 0.25) is 0 Å². The maximum Gasteiger partial charge on any atom is 0.0434 e. The maximum atomic E-state index is 2.35. The van der Waals surface area contributed by atoms with Crippen LogP contribution in [0.3, 0.4) is 0 Å². The Kier molecular flexibility index (Phi) is 6.92.